The molecule has 1 aromatic rings. The Morgan fingerprint density at radius 2 is 1.92 bits per heavy atom. The average Bonchev–Trinajstić information content (AvgIpc) is 2.69. The van der Waals surface area contributed by atoms with E-state index < -0.39 is 0 Å². The van der Waals surface area contributed by atoms with E-state index in [1.54, 1.807) is 0 Å². The van der Waals surface area contributed by atoms with Crippen LogP contribution in [-0.4, -0.2) is 37.5 Å². The molecule has 142 valence electrons. The minimum Gasteiger partial charge on any atom is -0.353 e. The molecule has 2 aliphatic rings. The third-order valence-electron chi connectivity index (χ3n) is 5.52. The summed E-state index contributed by atoms with van der Waals surface area (Å²) in [5.41, 5.74) is 1.90. The zero-order valence-corrected chi connectivity index (χ0v) is 15.6. The van der Waals surface area contributed by atoms with Crippen LogP contribution in [0.2, 0.25) is 0 Å². The van der Waals surface area contributed by atoms with E-state index in [0.717, 1.165) is 25.9 Å². The Bertz CT molecular complexity index is 605. The van der Waals surface area contributed by atoms with Gasteiger partial charge in [-0.15, -0.1) is 0 Å². The first-order chi connectivity index (χ1) is 12.7. The van der Waals surface area contributed by atoms with Crippen molar-refractivity contribution in [2.24, 2.45) is 0 Å². The molecule has 0 bridgehead atoms. The summed E-state index contributed by atoms with van der Waals surface area (Å²) in [7, 11) is 0. The number of rotatable bonds is 6. The Hall–Kier alpha value is -1.88. The lowest BCUT2D eigenvalue weighted by molar-refractivity contribution is -0.121. The minimum absolute atomic E-state index is 0.0410. The number of hydrogen-bond acceptors (Lipinski definition) is 3. The molecule has 1 atom stereocenters. The van der Waals surface area contributed by atoms with Crippen LogP contribution in [0.4, 0.5) is 0 Å². The highest BCUT2D eigenvalue weighted by Crippen LogP contribution is 2.23. The maximum Gasteiger partial charge on any atom is 0.251 e. The predicted octanol–water partition coefficient (Wildman–Crippen LogP) is 2.72. The van der Waals surface area contributed by atoms with Crippen molar-refractivity contribution in [2.45, 2.75) is 63.3 Å². The summed E-state index contributed by atoms with van der Waals surface area (Å²) in [6.07, 6.45) is 8.54. The fourth-order valence-corrected chi connectivity index (χ4v) is 4.01. The van der Waals surface area contributed by atoms with Gasteiger partial charge in [-0.2, -0.15) is 0 Å². The molecule has 2 fully saturated rings. The Balaban J connectivity index is 1.43. The first-order valence-corrected chi connectivity index (χ1v) is 10.1. The average molecular weight is 357 g/mol. The van der Waals surface area contributed by atoms with Gasteiger partial charge in [0.25, 0.3) is 5.91 Å². The van der Waals surface area contributed by atoms with Crippen molar-refractivity contribution in [3.05, 3.63) is 35.4 Å². The maximum absolute atomic E-state index is 12.4. The number of piperidine rings is 1. The molecular formula is C21H31N3O2. The van der Waals surface area contributed by atoms with E-state index in [4.69, 9.17) is 0 Å². The van der Waals surface area contributed by atoms with E-state index in [1.165, 1.54) is 37.7 Å². The van der Waals surface area contributed by atoms with Crippen molar-refractivity contribution in [2.75, 3.05) is 19.6 Å². The Labute approximate surface area is 156 Å². The zero-order valence-electron chi connectivity index (χ0n) is 15.6. The van der Waals surface area contributed by atoms with Crippen LogP contribution in [0.25, 0.3) is 0 Å². The van der Waals surface area contributed by atoms with E-state index in [1.807, 2.05) is 18.2 Å². The van der Waals surface area contributed by atoms with Crippen LogP contribution < -0.4 is 16.0 Å². The summed E-state index contributed by atoms with van der Waals surface area (Å²) in [4.78, 5) is 24.4. The van der Waals surface area contributed by atoms with Crippen molar-refractivity contribution in [3.8, 4) is 0 Å². The van der Waals surface area contributed by atoms with Gasteiger partial charge >= 0.3 is 0 Å². The second-order valence-corrected chi connectivity index (χ2v) is 7.58. The topological polar surface area (TPSA) is 70.2 Å². The van der Waals surface area contributed by atoms with Crippen LogP contribution in [-0.2, 0) is 4.79 Å². The molecule has 1 heterocycles. The van der Waals surface area contributed by atoms with E-state index in [0.29, 0.717) is 30.5 Å². The SMILES string of the molecule is O=C(CCNC(=O)c1cccc(C2CCCNC2)c1)NC1CCCCC1. The van der Waals surface area contributed by atoms with Gasteiger partial charge in [-0.3, -0.25) is 9.59 Å². The van der Waals surface area contributed by atoms with Crippen molar-refractivity contribution in [1.82, 2.24) is 16.0 Å². The molecule has 5 heteroatoms. The smallest absolute Gasteiger partial charge is 0.251 e. The lowest BCUT2D eigenvalue weighted by Gasteiger charge is -2.23. The van der Waals surface area contributed by atoms with Gasteiger partial charge in [-0.05, 0) is 55.8 Å². The summed E-state index contributed by atoms with van der Waals surface area (Å²) in [5, 5.41) is 9.39. The first kappa shape index (κ1) is 18.9. The van der Waals surface area contributed by atoms with Crippen LogP contribution in [0, 0.1) is 0 Å². The molecule has 0 radical (unpaired) electrons. The molecule has 1 saturated carbocycles. The van der Waals surface area contributed by atoms with Crippen LogP contribution >= 0.6 is 0 Å². The molecule has 1 aliphatic heterocycles. The highest BCUT2D eigenvalue weighted by atomic mass is 16.2. The number of nitrogens with one attached hydrogen (secondary N) is 3. The lowest BCUT2D eigenvalue weighted by atomic mass is 9.90. The standard InChI is InChI=1S/C21H31N3O2/c25-20(24-19-9-2-1-3-10-19)11-13-23-21(26)17-7-4-6-16(14-17)18-8-5-12-22-15-18/h4,6-7,14,18-19,22H,1-3,5,8-13,15H2,(H,23,26)(H,24,25). The number of carbonyl (C=O) groups is 2. The molecule has 3 N–H and O–H groups in total. The first-order valence-electron chi connectivity index (χ1n) is 10.1. The third kappa shape index (κ3) is 5.56. The molecule has 0 spiro atoms. The lowest BCUT2D eigenvalue weighted by Crippen LogP contribution is -2.38. The van der Waals surface area contributed by atoms with E-state index in [-0.39, 0.29) is 11.8 Å². The number of hydrogen-bond donors (Lipinski definition) is 3. The van der Waals surface area contributed by atoms with Crippen molar-refractivity contribution >= 4 is 11.8 Å². The van der Waals surface area contributed by atoms with Crippen LogP contribution in [0.3, 0.4) is 0 Å². The van der Waals surface area contributed by atoms with Crippen molar-refractivity contribution in [1.29, 1.82) is 0 Å². The largest absolute Gasteiger partial charge is 0.353 e. The van der Waals surface area contributed by atoms with Crippen LogP contribution in [0.15, 0.2) is 24.3 Å². The highest BCUT2D eigenvalue weighted by Gasteiger charge is 2.17. The molecule has 1 saturated heterocycles. The van der Waals surface area contributed by atoms with Gasteiger partial charge in [0.15, 0.2) is 0 Å². The van der Waals surface area contributed by atoms with Crippen LogP contribution in [0.5, 0.6) is 0 Å². The van der Waals surface area contributed by atoms with E-state index in [2.05, 4.69) is 22.0 Å². The molecule has 5 nitrogen and oxygen atoms in total. The highest BCUT2D eigenvalue weighted by molar-refractivity contribution is 5.94. The van der Waals surface area contributed by atoms with Gasteiger partial charge in [-0.25, -0.2) is 0 Å². The Morgan fingerprint density at radius 3 is 2.69 bits per heavy atom. The maximum atomic E-state index is 12.4. The van der Waals surface area contributed by atoms with Crippen molar-refractivity contribution in [3.63, 3.8) is 0 Å². The number of amides is 2. The normalized spacial score (nSPS) is 21.2. The summed E-state index contributed by atoms with van der Waals surface area (Å²) in [6, 6.07) is 8.22. The summed E-state index contributed by atoms with van der Waals surface area (Å²) < 4.78 is 0. The fourth-order valence-electron chi connectivity index (χ4n) is 4.01. The fraction of sp³-hybridized carbons (Fsp3) is 0.619. The quantitative estimate of drug-likeness (QED) is 0.733. The summed E-state index contributed by atoms with van der Waals surface area (Å²) in [6.45, 7) is 2.44. The van der Waals surface area contributed by atoms with E-state index in [9.17, 15) is 9.59 Å². The second-order valence-electron chi connectivity index (χ2n) is 7.58. The Morgan fingerprint density at radius 1 is 1.08 bits per heavy atom. The van der Waals surface area contributed by atoms with Gasteiger partial charge in [0.05, 0.1) is 0 Å². The molecule has 1 aliphatic carbocycles. The minimum atomic E-state index is -0.0962. The number of benzene rings is 1. The molecule has 1 unspecified atom stereocenters. The van der Waals surface area contributed by atoms with Gasteiger partial charge < -0.3 is 16.0 Å². The molecule has 3 rings (SSSR count). The summed E-state index contributed by atoms with van der Waals surface area (Å²) in [5.74, 6) is 0.429. The van der Waals surface area contributed by atoms with Gasteiger partial charge in [0.2, 0.25) is 5.91 Å². The molecule has 2 amide bonds. The van der Waals surface area contributed by atoms with E-state index >= 15 is 0 Å². The molecule has 1 aromatic carbocycles. The molecule has 26 heavy (non-hydrogen) atoms. The van der Waals surface area contributed by atoms with Crippen LogP contribution in [0.1, 0.15) is 73.2 Å². The van der Waals surface area contributed by atoms with Gasteiger partial charge in [-0.1, -0.05) is 31.4 Å². The molecular weight excluding hydrogens is 326 g/mol. The molecule has 0 aromatic heterocycles. The zero-order chi connectivity index (χ0) is 18.2. The Kier molecular flexibility index (Phi) is 7.06. The third-order valence-corrected chi connectivity index (χ3v) is 5.52. The monoisotopic (exact) mass is 357 g/mol. The predicted molar refractivity (Wildman–Crippen MR) is 103 cm³/mol. The summed E-state index contributed by atoms with van der Waals surface area (Å²) >= 11 is 0. The second kappa shape index (κ2) is 9.72. The number of carbonyl (C=O) groups excluding carboxylic acids is 2. The van der Waals surface area contributed by atoms with Gasteiger partial charge in [0.1, 0.15) is 0 Å². The van der Waals surface area contributed by atoms with Crippen molar-refractivity contribution < 1.29 is 9.59 Å². The van der Waals surface area contributed by atoms with Gasteiger partial charge in [0, 0.05) is 31.1 Å².